The van der Waals surface area contributed by atoms with Crippen LogP contribution in [0, 0.1) is 6.92 Å². The molecule has 6 nitrogen and oxygen atoms in total. The van der Waals surface area contributed by atoms with Crippen molar-refractivity contribution in [2.45, 2.75) is 19.5 Å². The highest BCUT2D eigenvalue weighted by atomic mass is 16.5. The summed E-state index contributed by atoms with van der Waals surface area (Å²) in [5.41, 5.74) is 3.50. The summed E-state index contributed by atoms with van der Waals surface area (Å²) in [6, 6.07) is 8.44. The van der Waals surface area contributed by atoms with Crippen LogP contribution in [0.3, 0.4) is 0 Å². The molecule has 0 amide bonds. The van der Waals surface area contributed by atoms with E-state index in [1.807, 2.05) is 23.9 Å². The first-order valence-corrected chi connectivity index (χ1v) is 8.56. The molecule has 0 aliphatic carbocycles. The molecule has 1 heterocycles. The average Bonchev–Trinajstić information content (AvgIpc) is 2.85. The molecule has 25 heavy (non-hydrogen) atoms. The third-order valence-corrected chi connectivity index (χ3v) is 4.50. The molecule has 0 aliphatic rings. The second kappa shape index (κ2) is 8.36. The van der Waals surface area contributed by atoms with Crippen molar-refractivity contribution in [3.8, 4) is 5.75 Å². The lowest BCUT2D eigenvalue weighted by atomic mass is 10.0. The van der Waals surface area contributed by atoms with Gasteiger partial charge in [-0.1, -0.05) is 18.2 Å². The lowest BCUT2D eigenvalue weighted by Crippen LogP contribution is -2.31. The summed E-state index contributed by atoms with van der Waals surface area (Å²) in [6.45, 7) is 3.68. The third kappa shape index (κ3) is 4.32. The molecule has 0 fully saturated rings. The van der Waals surface area contributed by atoms with E-state index < -0.39 is 0 Å². The van der Waals surface area contributed by atoms with Crippen molar-refractivity contribution in [2.75, 3.05) is 46.7 Å². The van der Waals surface area contributed by atoms with E-state index in [0.717, 1.165) is 30.4 Å². The van der Waals surface area contributed by atoms with Gasteiger partial charge in [0, 0.05) is 45.4 Å². The molecule has 1 atom stereocenters. The highest BCUT2D eigenvalue weighted by Crippen LogP contribution is 2.28. The van der Waals surface area contributed by atoms with Gasteiger partial charge in [0.25, 0.3) is 0 Å². The van der Waals surface area contributed by atoms with Gasteiger partial charge in [-0.2, -0.15) is 5.10 Å². The van der Waals surface area contributed by atoms with Gasteiger partial charge in [0.2, 0.25) is 0 Å². The Morgan fingerprint density at radius 3 is 2.48 bits per heavy atom. The zero-order chi connectivity index (χ0) is 18.6. The summed E-state index contributed by atoms with van der Waals surface area (Å²) in [6.07, 6.45) is 0. The minimum absolute atomic E-state index is 0.232. The van der Waals surface area contributed by atoms with Crippen molar-refractivity contribution in [3.05, 3.63) is 41.1 Å². The molecule has 1 aromatic carbocycles. The Labute approximate surface area is 151 Å². The van der Waals surface area contributed by atoms with Gasteiger partial charge in [-0.05, 0) is 27.1 Å². The lowest BCUT2D eigenvalue weighted by molar-refractivity contribution is 0.279. The van der Waals surface area contributed by atoms with Gasteiger partial charge in [0.1, 0.15) is 11.6 Å². The summed E-state index contributed by atoms with van der Waals surface area (Å²) in [5.74, 6) is 2.07. The Bertz CT molecular complexity index is 693. The number of para-hydroxylation sites is 1. The highest BCUT2D eigenvalue weighted by molar-refractivity contribution is 5.48. The minimum atomic E-state index is 0.232. The van der Waals surface area contributed by atoms with Gasteiger partial charge in [0.15, 0.2) is 0 Å². The summed E-state index contributed by atoms with van der Waals surface area (Å²) in [5, 5.41) is 8.16. The summed E-state index contributed by atoms with van der Waals surface area (Å²) >= 11 is 0. The number of anilines is 1. The number of rotatable bonds is 8. The molecule has 0 radical (unpaired) electrons. The third-order valence-electron chi connectivity index (χ3n) is 4.50. The molecular weight excluding hydrogens is 314 g/mol. The largest absolute Gasteiger partial charge is 0.496 e. The number of hydrogen-bond acceptors (Lipinski definition) is 5. The number of aryl methyl sites for hydroxylation is 2. The molecule has 2 aromatic rings. The van der Waals surface area contributed by atoms with Gasteiger partial charge >= 0.3 is 0 Å². The van der Waals surface area contributed by atoms with Crippen molar-refractivity contribution in [3.63, 3.8) is 0 Å². The lowest BCUT2D eigenvalue weighted by Gasteiger charge is -2.27. The molecule has 0 aliphatic heterocycles. The second-order valence-electron chi connectivity index (χ2n) is 6.76. The van der Waals surface area contributed by atoms with E-state index in [4.69, 9.17) is 4.74 Å². The van der Waals surface area contributed by atoms with E-state index in [1.54, 1.807) is 7.11 Å². The van der Waals surface area contributed by atoms with Crippen LogP contribution in [0.2, 0.25) is 0 Å². The second-order valence-corrected chi connectivity index (χ2v) is 6.76. The molecule has 0 spiro atoms. The number of likely N-dealkylation sites (N-methyl/N-ethyl adjacent to an activating group) is 1. The Hall–Kier alpha value is -2.05. The van der Waals surface area contributed by atoms with Crippen molar-refractivity contribution in [1.29, 1.82) is 0 Å². The van der Waals surface area contributed by atoms with Gasteiger partial charge < -0.3 is 19.9 Å². The Morgan fingerprint density at radius 2 is 1.88 bits per heavy atom. The Kier molecular flexibility index (Phi) is 6.45. The van der Waals surface area contributed by atoms with Crippen LogP contribution in [-0.4, -0.2) is 56.5 Å². The van der Waals surface area contributed by atoms with Gasteiger partial charge in [-0.3, -0.25) is 4.68 Å². The van der Waals surface area contributed by atoms with E-state index in [2.05, 4.69) is 67.5 Å². The number of nitrogens with zero attached hydrogens (tertiary/aromatic N) is 4. The van der Waals surface area contributed by atoms with Crippen LogP contribution < -0.4 is 15.0 Å². The minimum Gasteiger partial charge on any atom is -0.496 e. The maximum atomic E-state index is 5.54. The number of ether oxygens (including phenoxy) is 1. The quantitative estimate of drug-likeness (QED) is 0.795. The van der Waals surface area contributed by atoms with E-state index in [0.29, 0.717) is 0 Å². The SMILES string of the molecule is COc1ccccc1[C@H](CNCc1c(C)nn(C)c1N(C)C)N(C)C. The number of nitrogens with one attached hydrogen (secondary N) is 1. The molecule has 0 bridgehead atoms. The summed E-state index contributed by atoms with van der Waals surface area (Å²) in [4.78, 5) is 4.33. The number of hydrogen-bond donors (Lipinski definition) is 1. The molecule has 138 valence electrons. The van der Waals surface area contributed by atoms with Crippen LogP contribution in [0.1, 0.15) is 22.9 Å². The van der Waals surface area contributed by atoms with E-state index in [9.17, 15) is 0 Å². The topological polar surface area (TPSA) is 45.6 Å². The maximum Gasteiger partial charge on any atom is 0.130 e. The predicted molar refractivity (Wildman–Crippen MR) is 103 cm³/mol. The van der Waals surface area contributed by atoms with Crippen molar-refractivity contribution in [2.24, 2.45) is 7.05 Å². The monoisotopic (exact) mass is 345 g/mol. The summed E-state index contributed by atoms with van der Waals surface area (Å²) in [7, 11) is 12.0. The zero-order valence-corrected chi connectivity index (χ0v) is 16.5. The van der Waals surface area contributed by atoms with E-state index in [1.165, 1.54) is 11.1 Å². The molecule has 1 aromatic heterocycles. The standard InChI is InChI=1S/C19H31N5O/c1-14-16(19(23(4)5)24(6)21-14)12-20-13-17(22(2)3)15-10-8-9-11-18(15)25-7/h8-11,17,20H,12-13H2,1-7H3/t17-/m0/s1. The molecule has 0 unspecified atom stereocenters. The van der Waals surface area contributed by atoms with Crippen LogP contribution in [0.5, 0.6) is 5.75 Å². The Morgan fingerprint density at radius 1 is 1.20 bits per heavy atom. The average molecular weight is 345 g/mol. The fourth-order valence-corrected chi connectivity index (χ4v) is 3.30. The van der Waals surface area contributed by atoms with Crippen LogP contribution in [0.25, 0.3) is 0 Å². The summed E-state index contributed by atoms with van der Waals surface area (Å²) < 4.78 is 7.48. The fourth-order valence-electron chi connectivity index (χ4n) is 3.30. The molecule has 2 rings (SSSR count). The molecule has 0 saturated carbocycles. The highest BCUT2D eigenvalue weighted by Gasteiger charge is 2.19. The molecule has 6 heteroatoms. The van der Waals surface area contributed by atoms with Crippen molar-refractivity contribution < 1.29 is 4.74 Å². The predicted octanol–water partition coefficient (Wildman–Crippen LogP) is 2.20. The fraction of sp³-hybridized carbons (Fsp3) is 0.526. The molecule has 0 saturated heterocycles. The number of methoxy groups -OCH3 is 1. The van der Waals surface area contributed by atoms with Crippen molar-refractivity contribution >= 4 is 5.82 Å². The first-order valence-electron chi connectivity index (χ1n) is 8.56. The van der Waals surface area contributed by atoms with Crippen LogP contribution in [-0.2, 0) is 13.6 Å². The van der Waals surface area contributed by atoms with Crippen LogP contribution in [0.4, 0.5) is 5.82 Å². The maximum absolute atomic E-state index is 5.54. The number of aromatic nitrogens is 2. The van der Waals surface area contributed by atoms with E-state index >= 15 is 0 Å². The first-order chi connectivity index (χ1) is 11.9. The van der Waals surface area contributed by atoms with Gasteiger partial charge in [0.05, 0.1) is 18.8 Å². The van der Waals surface area contributed by atoms with Crippen molar-refractivity contribution in [1.82, 2.24) is 20.0 Å². The molecular formula is C19H31N5O. The van der Waals surface area contributed by atoms with Gasteiger partial charge in [-0.15, -0.1) is 0 Å². The number of benzene rings is 1. The van der Waals surface area contributed by atoms with E-state index in [-0.39, 0.29) is 6.04 Å². The van der Waals surface area contributed by atoms with Gasteiger partial charge in [-0.25, -0.2) is 0 Å². The smallest absolute Gasteiger partial charge is 0.130 e. The van der Waals surface area contributed by atoms with Crippen LogP contribution >= 0.6 is 0 Å². The Balaban J connectivity index is 2.14. The van der Waals surface area contributed by atoms with Crippen LogP contribution in [0.15, 0.2) is 24.3 Å². The molecule has 1 N–H and O–H groups in total. The normalized spacial score (nSPS) is 12.5. The zero-order valence-electron chi connectivity index (χ0n) is 16.5. The first kappa shape index (κ1) is 19.3.